The van der Waals surface area contributed by atoms with E-state index in [1.165, 1.54) is 13.0 Å². The SMILES string of the molecule is COc1ccc2nc(Nc3cc(N)cc(C(F)(F)F)c3)nc(N3CCCC(NC(C)=O)C3)c2c1. The molecule has 4 rings (SSSR count). The molecule has 4 N–H and O–H groups in total. The van der Waals surface area contributed by atoms with E-state index in [0.29, 0.717) is 30.2 Å². The van der Waals surface area contributed by atoms with Crippen molar-refractivity contribution in [2.45, 2.75) is 32.0 Å². The lowest BCUT2D eigenvalue weighted by atomic mass is 10.0. The van der Waals surface area contributed by atoms with Crippen LogP contribution in [0.2, 0.25) is 0 Å². The Morgan fingerprint density at radius 3 is 2.71 bits per heavy atom. The van der Waals surface area contributed by atoms with E-state index in [2.05, 4.69) is 20.6 Å². The Balaban J connectivity index is 1.75. The summed E-state index contributed by atoms with van der Waals surface area (Å²) in [6.45, 7) is 2.72. The zero-order valence-corrected chi connectivity index (χ0v) is 18.7. The van der Waals surface area contributed by atoms with Crippen LogP contribution >= 0.6 is 0 Å². The maximum Gasteiger partial charge on any atom is 0.416 e. The molecule has 1 amide bonds. The number of alkyl halides is 3. The van der Waals surface area contributed by atoms with Gasteiger partial charge in [-0.15, -0.1) is 0 Å². The van der Waals surface area contributed by atoms with Crippen LogP contribution in [0.1, 0.15) is 25.3 Å². The third kappa shape index (κ3) is 5.24. The molecular weight excluding hydrogens is 449 g/mol. The highest BCUT2D eigenvalue weighted by Crippen LogP contribution is 2.35. The lowest BCUT2D eigenvalue weighted by Crippen LogP contribution is -2.47. The summed E-state index contributed by atoms with van der Waals surface area (Å²) in [5.74, 6) is 1.25. The molecule has 2 aromatic carbocycles. The summed E-state index contributed by atoms with van der Waals surface area (Å²) in [4.78, 5) is 22.7. The number of anilines is 4. The number of piperidine rings is 1. The van der Waals surface area contributed by atoms with Crippen molar-refractivity contribution in [1.82, 2.24) is 15.3 Å². The van der Waals surface area contributed by atoms with Crippen molar-refractivity contribution in [3.63, 3.8) is 0 Å². The Hall–Kier alpha value is -3.76. The number of hydrogen-bond acceptors (Lipinski definition) is 7. The van der Waals surface area contributed by atoms with Gasteiger partial charge >= 0.3 is 6.18 Å². The zero-order valence-electron chi connectivity index (χ0n) is 18.7. The van der Waals surface area contributed by atoms with Gasteiger partial charge in [-0.25, -0.2) is 4.98 Å². The fourth-order valence-electron chi connectivity index (χ4n) is 4.11. The summed E-state index contributed by atoms with van der Waals surface area (Å²) in [6, 6.07) is 8.53. The Kier molecular flexibility index (Phi) is 6.36. The van der Waals surface area contributed by atoms with Crippen LogP contribution in [0.5, 0.6) is 5.75 Å². The normalized spacial score (nSPS) is 16.4. The second kappa shape index (κ2) is 9.24. The molecule has 1 atom stereocenters. The average Bonchev–Trinajstić information content (AvgIpc) is 2.77. The molecular formula is C23H25F3N6O2. The van der Waals surface area contributed by atoms with Gasteiger partial charge in [0.2, 0.25) is 11.9 Å². The molecule has 34 heavy (non-hydrogen) atoms. The van der Waals surface area contributed by atoms with Crippen LogP contribution in [-0.2, 0) is 11.0 Å². The molecule has 0 bridgehead atoms. The number of nitrogens with one attached hydrogen (secondary N) is 2. The molecule has 11 heteroatoms. The zero-order chi connectivity index (χ0) is 24.5. The minimum Gasteiger partial charge on any atom is -0.497 e. The summed E-state index contributed by atoms with van der Waals surface area (Å²) in [5, 5.41) is 6.55. The van der Waals surface area contributed by atoms with Crippen LogP contribution in [-0.4, -0.2) is 42.1 Å². The molecule has 180 valence electrons. The van der Waals surface area contributed by atoms with Crippen molar-refractivity contribution < 1.29 is 22.7 Å². The summed E-state index contributed by atoms with van der Waals surface area (Å²) in [6.07, 6.45) is -2.85. The first kappa shape index (κ1) is 23.4. The predicted molar refractivity (Wildman–Crippen MR) is 124 cm³/mol. The molecule has 1 aliphatic rings. The number of halogens is 3. The second-order valence-corrected chi connectivity index (χ2v) is 8.21. The maximum absolute atomic E-state index is 13.2. The Labute approximate surface area is 194 Å². The number of hydrogen-bond donors (Lipinski definition) is 3. The van der Waals surface area contributed by atoms with Gasteiger partial charge in [0.1, 0.15) is 11.6 Å². The highest BCUT2D eigenvalue weighted by molar-refractivity contribution is 5.92. The average molecular weight is 474 g/mol. The van der Waals surface area contributed by atoms with E-state index in [9.17, 15) is 18.0 Å². The van der Waals surface area contributed by atoms with Crippen molar-refractivity contribution in [3.05, 3.63) is 42.0 Å². The van der Waals surface area contributed by atoms with Gasteiger partial charge in [-0.05, 0) is 49.2 Å². The van der Waals surface area contributed by atoms with E-state index >= 15 is 0 Å². The maximum atomic E-state index is 13.2. The third-order valence-electron chi connectivity index (χ3n) is 5.55. The van der Waals surface area contributed by atoms with Crippen molar-refractivity contribution in [2.24, 2.45) is 0 Å². The fourth-order valence-corrected chi connectivity index (χ4v) is 4.11. The monoisotopic (exact) mass is 474 g/mol. The Morgan fingerprint density at radius 2 is 2.00 bits per heavy atom. The summed E-state index contributed by atoms with van der Waals surface area (Å²) >= 11 is 0. The van der Waals surface area contributed by atoms with E-state index in [4.69, 9.17) is 10.5 Å². The first-order chi connectivity index (χ1) is 16.1. The van der Waals surface area contributed by atoms with E-state index in [1.807, 2.05) is 11.0 Å². The lowest BCUT2D eigenvalue weighted by molar-refractivity contribution is -0.137. The quantitative estimate of drug-likeness (QED) is 0.479. The minimum atomic E-state index is -4.54. The molecule has 8 nitrogen and oxygen atoms in total. The van der Waals surface area contributed by atoms with Crippen LogP contribution in [0.4, 0.5) is 36.3 Å². The molecule has 3 aromatic rings. The van der Waals surface area contributed by atoms with Crippen LogP contribution in [0.15, 0.2) is 36.4 Å². The number of benzene rings is 2. The number of nitrogens with zero attached hydrogens (tertiary/aromatic N) is 3. The van der Waals surface area contributed by atoms with Gasteiger partial charge in [0.15, 0.2) is 0 Å². The number of nitrogens with two attached hydrogens (primary N) is 1. The van der Waals surface area contributed by atoms with Gasteiger partial charge in [0, 0.05) is 42.8 Å². The van der Waals surface area contributed by atoms with Gasteiger partial charge < -0.3 is 26.0 Å². The van der Waals surface area contributed by atoms with Gasteiger partial charge in [-0.3, -0.25) is 4.79 Å². The summed E-state index contributed by atoms with van der Waals surface area (Å²) in [7, 11) is 1.56. The van der Waals surface area contributed by atoms with Crippen molar-refractivity contribution in [3.8, 4) is 5.75 Å². The molecule has 1 aromatic heterocycles. The molecule has 0 aliphatic carbocycles. The van der Waals surface area contributed by atoms with Crippen LogP contribution in [0.25, 0.3) is 10.9 Å². The number of rotatable bonds is 5. The fraction of sp³-hybridized carbons (Fsp3) is 0.348. The molecule has 0 spiro atoms. The number of amides is 1. The largest absolute Gasteiger partial charge is 0.497 e. The second-order valence-electron chi connectivity index (χ2n) is 8.21. The van der Waals surface area contributed by atoms with E-state index < -0.39 is 11.7 Å². The molecule has 1 fully saturated rings. The third-order valence-corrected chi connectivity index (χ3v) is 5.55. The van der Waals surface area contributed by atoms with Crippen LogP contribution in [0, 0.1) is 0 Å². The van der Waals surface area contributed by atoms with Gasteiger partial charge in [0.05, 0.1) is 18.2 Å². The van der Waals surface area contributed by atoms with Crippen LogP contribution in [0.3, 0.4) is 0 Å². The van der Waals surface area contributed by atoms with Crippen molar-refractivity contribution in [2.75, 3.05) is 36.1 Å². The first-order valence-corrected chi connectivity index (χ1v) is 10.7. The number of methoxy groups -OCH3 is 1. The molecule has 2 heterocycles. The summed E-state index contributed by atoms with van der Waals surface area (Å²) in [5.41, 5.74) is 5.52. The first-order valence-electron chi connectivity index (χ1n) is 10.7. The molecule has 0 saturated carbocycles. The number of nitrogen functional groups attached to an aromatic ring is 1. The molecule has 1 aliphatic heterocycles. The van der Waals surface area contributed by atoms with E-state index in [1.54, 1.807) is 19.2 Å². The number of carbonyl (C=O) groups is 1. The highest BCUT2D eigenvalue weighted by Gasteiger charge is 2.31. The Morgan fingerprint density at radius 1 is 1.21 bits per heavy atom. The van der Waals surface area contributed by atoms with Crippen molar-refractivity contribution in [1.29, 1.82) is 0 Å². The predicted octanol–water partition coefficient (Wildman–Crippen LogP) is 4.09. The van der Waals surface area contributed by atoms with Gasteiger partial charge in [-0.1, -0.05) is 0 Å². The van der Waals surface area contributed by atoms with Gasteiger partial charge in [-0.2, -0.15) is 18.2 Å². The lowest BCUT2D eigenvalue weighted by Gasteiger charge is -2.34. The van der Waals surface area contributed by atoms with E-state index in [0.717, 1.165) is 30.4 Å². The highest BCUT2D eigenvalue weighted by atomic mass is 19.4. The number of fused-ring (bicyclic) bond motifs is 1. The van der Waals surface area contributed by atoms with E-state index in [-0.39, 0.29) is 29.3 Å². The molecule has 1 saturated heterocycles. The smallest absolute Gasteiger partial charge is 0.416 e. The van der Waals surface area contributed by atoms with Crippen molar-refractivity contribution >= 4 is 40.0 Å². The topological polar surface area (TPSA) is 105 Å². The number of ether oxygens (including phenoxy) is 1. The summed E-state index contributed by atoms with van der Waals surface area (Å²) < 4.78 is 45.1. The minimum absolute atomic E-state index is 0.0303. The number of carbonyl (C=O) groups excluding carboxylic acids is 1. The molecule has 1 unspecified atom stereocenters. The number of aromatic nitrogens is 2. The van der Waals surface area contributed by atoms with Gasteiger partial charge in [0.25, 0.3) is 0 Å². The Bertz CT molecular complexity index is 1220. The standard InChI is InChI=1S/C23H25F3N6O2/c1-13(33)28-16-4-3-7-32(12-16)21-19-11-18(34-2)5-6-20(19)30-22(31-21)29-17-9-14(23(24,25)26)8-15(27)10-17/h5-6,8-11,16H,3-4,7,12,27H2,1-2H3,(H,28,33)(H,29,30,31). The van der Waals surface area contributed by atoms with Crippen LogP contribution < -0.4 is 26.0 Å². The molecule has 0 radical (unpaired) electrons.